The third-order valence-corrected chi connectivity index (χ3v) is 7.05. The summed E-state index contributed by atoms with van der Waals surface area (Å²) in [5, 5.41) is 13.6. The molecule has 0 aliphatic carbocycles. The first-order valence-electron chi connectivity index (χ1n) is 9.79. The number of carbonyl (C=O) groups is 1. The second kappa shape index (κ2) is 8.48. The van der Waals surface area contributed by atoms with Gasteiger partial charge in [0.05, 0.1) is 27.0 Å². The van der Waals surface area contributed by atoms with Gasteiger partial charge in [0.1, 0.15) is 6.54 Å². The van der Waals surface area contributed by atoms with Gasteiger partial charge in [-0.3, -0.25) is 24.3 Å². The number of fused-ring (bicyclic) bond motifs is 1. The number of aromatic nitrogens is 2. The van der Waals surface area contributed by atoms with Crippen molar-refractivity contribution >= 4 is 38.2 Å². The van der Waals surface area contributed by atoms with Crippen molar-refractivity contribution in [1.82, 2.24) is 13.9 Å². The first kappa shape index (κ1) is 21.6. The molecule has 1 fully saturated rings. The summed E-state index contributed by atoms with van der Waals surface area (Å²) in [6.07, 6.45) is 2.78. The Kier molecular flexibility index (Phi) is 5.72. The lowest BCUT2D eigenvalue weighted by atomic mass is 10.2. The normalized spacial score (nSPS) is 14.5. The Hall–Kier alpha value is -3.64. The monoisotopic (exact) mass is 457 g/mol. The van der Waals surface area contributed by atoms with Crippen LogP contribution < -0.4 is 10.9 Å². The minimum absolute atomic E-state index is 0.0864. The molecule has 32 heavy (non-hydrogen) atoms. The summed E-state index contributed by atoms with van der Waals surface area (Å²) in [7, 11) is -3.63. The van der Waals surface area contributed by atoms with Crippen LogP contribution in [0.3, 0.4) is 0 Å². The number of nitrogens with zero attached hydrogens (tertiary/aromatic N) is 4. The van der Waals surface area contributed by atoms with E-state index in [1.54, 1.807) is 6.07 Å². The van der Waals surface area contributed by atoms with E-state index in [0.29, 0.717) is 13.1 Å². The summed E-state index contributed by atoms with van der Waals surface area (Å²) in [5.74, 6) is -0.550. The SMILES string of the molecule is O=C(Cn1cnc2cc([N+](=O)[O-])ccc2c1=O)Nc1cccc(S(=O)(=O)N2CCCC2)c1. The molecule has 1 saturated heterocycles. The van der Waals surface area contributed by atoms with Crippen LogP contribution in [-0.4, -0.2) is 46.2 Å². The van der Waals surface area contributed by atoms with Crippen LogP contribution >= 0.6 is 0 Å². The summed E-state index contributed by atoms with van der Waals surface area (Å²) in [4.78, 5) is 39.5. The van der Waals surface area contributed by atoms with Crippen molar-refractivity contribution in [2.75, 3.05) is 18.4 Å². The van der Waals surface area contributed by atoms with Crippen LogP contribution in [0.2, 0.25) is 0 Å². The van der Waals surface area contributed by atoms with Crippen molar-refractivity contribution < 1.29 is 18.1 Å². The Morgan fingerprint density at radius 1 is 1.16 bits per heavy atom. The molecule has 0 spiro atoms. The molecule has 11 nitrogen and oxygen atoms in total. The fourth-order valence-corrected chi connectivity index (χ4v) is 5.10. The van der Waals surface area contributed by atoms with Gasteiger partial charge >= 0.3 is 0 Å². The maximum atomic E-state index is 12.7. The topological polar surface area (TPSA) is 145 Å². The zero-order valence-corrected chi connectivity index (χ0v) is 17.6. The van der Waals surface area contributed by atoms with Gasteiger partial charge in [-0.25, -0.2) is 13.4 Å². The van der Waals surface area contributed by atoms with E-state index in [2.05, 4.69) is 10.3 Å². The van der Waals surface area contributed by atoms with Crippen molar-refractivity contribution in [3.8, 4) is 0 Å². The Morgan fingerprint density at radius 3 is 2.62 bits per heavy atom. The maximum Gasteiger partial charge on any atom is 0.271 e. The molecule has 0 bridgehead atoms. The minimum Gasteiger partial charge on any atom is -0.324 e. The van der Waals surface area contributed by atoms with Crippen LogP contribution in [0.15, 0.2) is 58.5 Å². The zero-order chi connectivity index (χ0) is 22.9. The number of hydrogen-bond acceptors (Lipinski definition) is 7. The summed E-state index contributed by atoms with van der Waals surface area (Å²) in [6, 6.07) is 9.63. The van der Waals surface area contributed by atoms with E-state index in [1.165, 1.54) is 40.7 Å². The van der Waals surface area contributed by atoms with Crippen LogP contribution in [0.5, 0.6) is 0 Å². The second-order valence-electron chi connectivity index (χ2n) is 7.32. The fourth-order valence-electron chi connectivity index (χ4n) is 3.54. The molecule has 1 aromatic heterocycles. The van der Waals surface area contributed by atoms with E-state index in [1.807, 2.05) is 0 Å². The largest absolute Gasteiger partial charge is 0.324 e. The van der Waals surface area contributed by atoms with Gasteiger partial charge in [0.2, 0.25) is 15.9 Å². The van der Waals surface area contributed by atoms with Gasteiger partial charge in [0.25, 0.3) is 11.2 Å². The van der Waals surface area contributed by atoms with Gasteiger partial charge < -0.3 is 5.32 Å². The molecule has 1 aliphatic rings. The number of nitro groups is 1. The molecule has 0 radical (unpaired) electrons. The summed E-state index contributed by atoms with van der Waals surface area (Å²) in [6.45, 7) is 0.585. The molecule has 1 aliphatic heterocycles. The predicted octanol–water partition coefficient (Wildman–Crippen LogP) is 1.73. The van der Waals surface area contributed by atoms with Crippen molar-refractivity contribution in [1.29, 1.82) is 0 Å². The lowest BCUT2D eigenvalue weighted by Gasteiger charge is -2.16. The van der Waals surface area contributed by atoms with Crippen LogP contribution in [0.1, 0.15) is 12.8 Å². The number of carbonyl (C=O) groups excluding carboxylic acids is 1. The average molecular weight is 457 g/mol. The van der Waals surface area contributed by atoms with Gasteiger partial charge in [-0.05, 0) is 37.1 Å². The lowest BCUT2D eigenvalue weighted by Crippen LogP contribution is -2.29. The molecule has 2 aromatic carbocycles. The van der Waals surface area contributed by atoms with Crippen molar-refractivity contribution in [3.05, 3.63) is 69.3 Å². The molecule has 0 atom stereocenters. The van der Waals surface area contributed by atoms with Gasteiger partial charge in [-0.15, -0.1) is 0 Å². The number of amides is 1. The number of hydrogen-bond donors (Lipinski definition) is 1. The first-order chi connectivity index (χ1) is 15.3. The Bertz CT molecular complexity index is 1380. The van der Waals surface area contributed by atoms with Crippen molar-refractivity contribution in [2.45, 2.75) is 24.3 Å². The molecule has 4 rings (SSSR count). The average Bonchev–Trinajstić information content (AvgIpc) is 3.31. The highest BCUT2D eigenvalue weighted by Crippen LogP contribution is 2.23. The third kappa shape index (κ3) is 4.22. The third-order valence-electron chi connectivity index (χ3n) is 5.15. The molecule has 166 valence electrons. The smallest absolute Gasteiger partial charge is 0.271 e. The Labute approximate surface area is 182 Å². The van der Waals surface area contributed by atoms with Crippen molar-refractivity contribution in [3.63, 3.8) is 0 Å². The molecule has 0 saturated carbocycles. The lowest BCUT2D eigenvalue weighted by molar-refractivity contribution is -0.384. The Balaban J connectivity index is 1.52. The Morgan fingerprint density at radius 2 is 1.91 bits per heavy atom. The van der Waals surface area contributed by atoms with Crippen molar-refractivity contribution in [2.24, 2.45) is 0 Å². The van der Waals surface area contributed by atoms with Crippen LogP contribution in [0.25, 0.3) is 10.9 Å². The number of nitro benzene ring substituents is 1. The molecular formula is C20H19N5O6S. The summed E-state index contributed by atoms with van der Waals surface area (Å²) >= 11 is 0. The van der Waals surface area contributed by atoms with Gasteiger partial charge in [0, 0.05) is 30.9 Å². The van der Waals surface area contributed by atoms with E-state index >= 15 is 0 Å². The van der Waals surface area contributed by atoms with Crippen LogP contribution in [-0.2, 0) is 21.4 Å². The zero-order valence-electron chi connectivity index (χ0n) is 16.8. The standard InChI is InChI=1S/C20H19N5O6S/c26-19(12-23-13-21-18-11-15(25(28)29)6-7-17(18)20(23)27)22-14-4-3-5-16(10-14)32(30,31)24-8-1-2-9-24/h3-7,10-11,13H,1-2,8-9,12H2,(H,22,26). The van der Waals surface area contributed by atoms with E-state index in [4.69, 9.17) is 0 Å². The second-order valence-corrected chi connectivity index (χ2v) is 9.26. The van der Waals surface area contributed by atoms with E-state index in [0.717, 1.165) is 23.7 Å². The fraction of sp³-hybridized carbons (Fsp3) is 0.250. The number of rotatable bonds is 6. The molecule has 0 unspecified atom stereocenters. The number of sulfonamides is 1. The maximum absolute atomic E-state index is 12.7. The number of benzene rings is 2. The quantitative estimate of drug-likeness (QED) is 0.438. The van der Waals surface area contributed by atoms with Gasteiger partial charge in [0.15, 0.2) is 0 Å². The first-order valence-corrected chi connectivity index (χ1v) is 11.2. The summed E-state index contributed by atoms with van der Waals surface area (Å²) in [5.41, 5.74) is -0.276. The minimum atomic E-state index is -3.63. The van der Waals surface area contributed by atoms with E-state index in [-0.39, 0.29) is 33.7 Å². The highest BCUT2D eigenvalue weighted by Gasteiger charge is 2.27. The molecule has 1 amide bonds. The van der Waals surface area contributed by atoms with Gasteiger partial charge in [-0.1, -0.05) is 6.07 Å². The molecule has 1 N–H and O–H groups in total. The van der Waals surface area contributed by atoms with E-state index in [9.17, 15) is 28.1 Å². The van der Waals surface area contributed by atoms with E-state index < -0.39 is 26.4 Å². The molecular weight excluding hydrogens is 438 g/mol. The molecule has 2 heterocycles. The summed E-state index contributed by atoms with van der Waals surface area (Å²) < 4.78 is 27.9. The number of non-ortho nitro benzene ring substituents is 1. The predicted molar refractivity (Wildman–Crippen MR) is 116 cm³/mol. The highest BCUT2D eigenvalue weighted by molar-refractivity contribution is 7.89. The van der Waals surface area contributed by atoms with Crippen LogP contribution in [0.4, 0.5) is 11.4 Å². The highest BCUT2D eigenvalue weighted by atomic mass is 32.2. The number of nitrogens with one attached hydrogen (secondary N) is 1. The van der Waals surface area contributed by atoms with Crippen LogP contribution in [0, 0.1) is 10.1 Å². The molecule has 3 aromatic rings. The molecule has 12 heteroatoms. The number of anilines is 1. The van der Waals surface area contributed by atoms with Gasteiger partial charge in [-0.2, -0.15) is 4.31 Å².